The molecule has 1 saturated heterocycles. The van der Waals surface area contributed by atoms with Gasteiger partial charge < -0.3 is 15.5 Å². The lowest BCUT2D eigenvalue weighted by Gasteiger charge is -2.17. The largest absolute Gasteiger partial charge is 0.376 e. The van der Waals surface area contributed by atoms with E-state index in [4.69, 9.17) is 0 Å². The van der Waals surface area contributed by atoms with Crippen molar-refractivity contribution < 1.29 is 9.59 Å². The van der Waals surface area contributed by atoms with Crippen LogP contribution >= 0.6 is 0 Å². The van der Waals surface area contributed by atoms with E-state index < -0.39 is 0 Å². The molecule has 1 heterocycles. The molecule has 0 spiro atoms. The van der Waals surface area contributed by atoms with E-state index in [9.17, 15) is 9.59 Å². The quantitative estimate of drug-likeness (QED) is 0.840. The summed E-state index contributed by atoms with van der Waals surface area (Å²) in [5, 5.41) is 6.08. The van der Waals surface area contributed by atoms with Gasteiger partial charge >= 0.3 is 0 Å². The van der Waals surface area contributed by atoms with Crippen LogP contribution in [0, 0.1) is 0 Å². The summed E-state index contributed by atoms with van der Waals surface area (Å²) in [6.07, 6.45) is 2.15. The van der Waals surface area contributed by atoms with Gasteiger partial charge in [0, 0.05) is 24.3 Å². The number of hydrogen-bond acceptors (Lipinski definition) is 3. The Bertz CT molecular complexity index is 755. The summed E-state index contributed by atoms with van der Waals surface area (Å²) in [5.41, 5.74) is 2.51. The van der Waals surface area contributed by atoms with E-state index in [0.717, 1.165) is 37.2 Å². The Morgan fingerprint density at radius 2 is 1.77 bits per heavy atom. The van der Waals surface area contributed by atoms with Crippen molar-refractivity contribution in [1.82, 2.24) is 10.2 Å². The molecule has 0 aromatic heterocycles. The Morgan fingerprint density at radius 1 is 1.04 bits per heavy atom. The summed E-state index contributed by atoms with van der Waals surface area (Å²) < 4.78 is 0. The van der Waals surface area contributed by atoms with Gasteiger partial charge in [-0.1, -0.05) is 36.4 Å². The number of anilines is 1. The van der Waals surface area contributed by atoms with Crippen molar-refractivity contribution in [3.05, 3.63) is 65.7 Å². The fourth-order valence-corrected chi connectivity index (χ4v) is 3.16. The van der Waals surface area contributed by atoms with Crippen molar-refractivity contribution in [1.29, 1.82) is 0 Å². The Kier molecular flexibility index (Phi) is 5.89. The molecule has 136 valence electrons. The molecule has 0 aliphatic carbocycles. The van der Waals surface area contributed by atoms with Crippen molar-refractivity contribution >= 4 is 17.5 Å². The maximum atomic E-state index is 12.5. The molecule has 1 atom stereocenters. The van der Waals surface area contributed by atoms with Crippen LogP contribution in [0.15, 0.2) is 54.6 Å². The molecule has 0 saturated carbocycles. The minimum absolute atomic E-state index is 0.0476. The molecule has 2 amide bonds. The third-order valence-corrected chi connectivity index (χ3v) is 4.63. The van der Waals surface area contributed by atoms with Gasteiger partial charge in [0.15, 0.2) is 0 Å². The van der Waals surface area contributed by atoms with E-state index in [1.165, 1.54) is 0 Å². The van der Waals surface area contributed by atoms with Crippen LogP contribution in [0.3, 0.4) is 0 Å². The third kappa shape index (κ3) is 4.63. The lowest BCUT2D eigenvalue weighted by atomic mass is 10.1. The zero-order chi connectivity index (χ0) is 18.4. The number of carbonyl (C=O) groups is 2. The van der Waals surface area contributed by atoms with Gasteiger partial charge in [-0.25, -0.2) is 0 Å². The SMILES string of the molecule is CC(NC(=O)CNc1cccc(C(=O)N2CCCC2)c1)c1ccccc1. The Balaban J connectivity index is 1.53. The summed E-state index contributed by atoms with van der Waals surface area (Å²) in [6.45, 7) is 3.79. The molecule has 0 radical (unpaired) electrons. The van der Waals surface area contributed by atoms with E-state index >= 15 is 0 Å². The number of nitrogens with zero attached hydrogens (tertiary/aromatic N) is 1. The molecule has 1 aliphatic rings. The maximum absolute atomic E-state index is 12.5. The fraction of sp³-hybridized carbons (Fsp3) is 0.333. The Hall–Kier alpha value is -2.82. The molecule has 0 bridgehead atoms. The van der Waals surface area contributed by atoms with Crippen molar-refractivity contribution in [3.63, 3.8) is 0 Å². The van der Waals surface area contributed by atoms with Gasteiger partial charge in [-0.2, -0.15) is 0 Å². The maximum Gasteiger partial charge on any atom is 0.253 e. The number of hydrogen-bond donors (Lipinski definition) is 2. The topological polar surface area (TPSA) is 61.4 Å². The Labute approximate surface area is 154 Å². The first-order chi connectivity index (χ1) is 12.6. The van der Waals surface area contributed by atoms with Crippen LogP contribution in [-0.2, 0) is 4.79 Å². The molecule has 2 N–H and O–H groups in total. The van der Waals surface area contributed by atoms with Crippen molar-refractivity contribution in [2.24, 2.45) is 0 Å². The third-order valence-electron chi connectivity index (χ3n) is 4.63. The number of nitrogens with one attached hydrogen (secondary N) is 2. The molecular formula is C21H25N3O2. The first-order valence-electron chi connectivity index (χ1n) is 9.11. The van der Waals surface area contributed by atoms with E-state index in [0.29, 0.717) is 5.56 Å². The highest BCUT2D eigenvalue weighted by Crippen LogP contribution is 2.16. The number of benzene rings is 2. The minimum atomic E-state index is -0.0855. The summed E-state index contributed by atoms with van der Waals surface area (Å²) >= 11 is 0. The summed E-state index contributed by atoms with van der Waals surface area (Å²) in [5.74, 6) is -0.0223. The molecule has 2 aromatic carbocycles. The lowest BCUT2D eigenvalue weighted by molar-refractivity contribution is -0.120. The monoisotopic (exact) mass is 351 g/mol. The second-order valence-corrected chi connectivity index (χ2v) is 6.63. The van der Waals surface area contributed by atoms with Crippen LogP contribution < -0.4 is 10.6 Å². The molecule has 5 nitrogen and oxygen atoms in total. The first kappa shape index (κ1) is 18.0. The van der Waals surface area contributed by atoms with Crippen LogP contribution in [0.1, 0.15) is 41.7 Å². The van der Waals surface area contributed by atoms with Gasteiger partial charge in [-0.3, -0.25) is 9.59 Å². The summed E-state index contributed by atoms with van der Waals surface area (Å²) in [7, 11) is 0. The van der Waals surface area contributed by atoms with Gasteiger partial charge in [-0.15, -0.1) is 0 Å². The average molecular weight is 351 g/mol. The number of rotatable bonds is 6. The van der Waals surface area contributed by atoms with E-state index in [1.807, 2.05) is 66.4 Å². The standard InChI is InChI=1S/C21H25N3O2/c1-16(17-8-3-2-4-9-17)23-20(25)15-22-19-11-7-10-18(14-19)21(26)24-12-5-6-13-24/h2-4,7-11,14,16,22H,5-6,12-13,15H2,1H3,(H,23,25). The normalized spacial score (nSPS) is 14.7. The van der Waals surface area contributed by atoms with E-state index in [-0.39, 0.29) is 24.4 Å². The number of likely N-dealkylation sites (tertiary alicyclic amines) is 1. The van der Waals surface area contributed by atoms with Gasteiger partial charge in [0.1, 0.15) is 0 Å². The molecule has 3 rings (SSSR count). The van der Waals surface area contributed by atoms with Crippen molar-refractivity contribution in [3.8, 4) is 0 Å². The van der Waals surface area contributed by atoms with Gasteiger partial charge in [0.05, 0.1) is 12.6 Å². The summed E-state index contributed by atoms with van der Waals surface area (Å²) in [4.78, 5) is 26.5. The van der Waals surface area contributed by atoms with Crippen LogP contribution in [-0.4, -0.2) is 36.3 Å². The zero-order valence-electron chi connectivity index (χ0n) is 15.1. The predicted molar refractivity (Wildman–Crippen MR) is 103 cm³/mol. The molecule has 1 aliphatic heterocycles. The smallest absolute Gasteiger partial charge is 0.253 e. The molecule has 1 fully saturated rings. The number of amides is 2. The molecular weight excluding hydrogens is 326 g/mol. The second-order valence-electron chi connectivity index (χ2n) is 6.63. The molecule has 2 aromatic rings. The van der Waals surface area contributed by atoms with E-state index in [1.54, 1.807) is 0 Å². The van der Waals surface area contributed by atoms with Crippen LogP contribution in [0.5, 0.6) is 0 Å². The zero-order valence-corrected chi connectivity index (χ0v) is 15.1. The van der Waals surface area contributed by atoms with Gasteiger partial charge in [0.25, 0.3) is 5.91 Å². The van der Waals surface area contributed by atoms with Crippen molar-refractivity contribution in [2.45, 2.75) is 25.8 Å². The average Bonchev–Trinajstić information content (AvgIpc) is 3.21. The first-order valence-corrected chi connectivity index (χ1v) is 9.11. The van der Waals surface area contributed by atoms with E-state index in [2.05, 4.69) is 10.6 Å². The van der Waals surface area contributed by atoms with Gasteiger partial charge in [0.2, 0.25) is 5.91 Å². The highest BCUT2D eigenvalue weighted by molar-refractivity contribution is 5.95. The predicted octanol–water partition coefficient (Wildman–Crippen LogP) is 3.21. The number of carbonyl (C=O) groups excluding carboxylic acids is 2. The summed E-state index contributed by atoms with van der Waals surface area (Å²) in [6, 6.07) is 17.2. The lowest BCUT2D eigenvalue weighted by Crippen LogP contribution is -2.32. The fourth-order valence-electron chi connectivity index (χ4n) is 3.16. The van der Waals surface area contributed by atoms with Crippen LogP contribution in [0.25, 0.3) is 0 Å². The second kappa shape index (κ2) is 8.52. The Morgan fingerprint density at radius 3 is 2.50 bits per heavy atom. The van der Waals surface area contributed by atoms with Crippen molar-refractivity contribution in [2.75, 3.05) is 25.0 Å². The highest BCUT2D eigenvalue weighted by atomic mass is 16.2. The van der Waals surface area contributed by atoms with Crippen LogP contribution in [0.2, 0.25) is 0 Å². The minimum Gasteiger partial charge on any atom is -0.376 e. The van der Waals surface area contributed by atoms with Gasteiger partial charge in [-0.05, 0) is 43.5 Å². The molecule has 5 heteroatoms. The van der Waals surface area contributed by atoms with Crippen LogP contribution in [0.4, 0.5) is 5.69 Å². The molecule has 26 heavy (non-hydrogen) atoms. The highest BCUT2D eigenvalue weighted by Gasteiger charge is 2.19. The molecule has 1 unspecified atom stereocenters.